The zero-order chi connectivity index (χ0) is 23.5. The number of aromatic nitrogens is 1. The fraction of sp³-hybridized carbons (Fsp3) is 0.0417. The molecule has 0 aliphatic carbocycles. The largest absolute Gasteiger partial charge is 0.360 e. The van der Waals surface area contributed by atoms with Gasteiger partial charge in [-0.2, -0.15) is 0 Å². The van der Waals surface area contributed by atoms with Gasteiger partial charge in [-0.1, -0.05) is 64.2 Å². The topological polar surface area (TPSA) is 84.2 Å². The Morgan fingerprint density at radius 2 is 1.45 bits per heavy atom. The van der Waals surface area contributed by atoms with E-state index in [9.17, 15) is 9.59 Å². The molecule has 2 N–H and O–H groups in total. The maximum absolute atomic E-state index is 13.1. The molecule has 9 heteroatoms. The maximum atomic E-state index is 13.1. The van der Waals surface area contributed by atoms with Crippen molar-refractivity contribution >= 4 is 58.0 Å². The molecule has 33 heavy (non-hydrogen) atoms. The van der Waals surface area contributed by atoms with Gasteiger partial charge in [0.2, 0.25) is 0 Å². The molecule has 0 aliphatic heterocycles. The molecule has 1 aromatic heterocycles. The van der Waals surface area contributed by atoms with Crippen LogP contribution in [0.1, 0.15) is 26.5 Å². The molecule has 4 aromatic rings. The highest BCUT2D eigenvalue weighted by molar-refractivity contribution is 6.39. The van der Waals surface area contributed by atoms with E-state index in [1.54, 1.807) is 55.5 Å². The SMILES string of the molecule is Cc1onc(-c2c(Cl)cccc2Cl)c1C(=O)Nc1ccc(Cl)c(C(=O)Nc2ccccc2)c1. The first kappa shape index (κ1) is 22.9. The second-order valence-corrected chi connectivity index (χ2v) is 8.25. The molecule has 0 fully saturated rings. The number of carbonyl (C=O) groups excluding carboxylic acids is 2. The van der Waals surface area contributed by atoms with Gasteiger partial charge in [0.1, 0.15) is 17.0 Å². The number of hydrogen-bond donors (Lipinski definition) is 2. The third-order valence-corrected chi connectivity index (χ3v) is 5.75. The Morgan fingerprint density at radius 1 is 0.788 bits per heavy atom. The van der Waals surface area contributed by atoms with Gasteiger partial charge in [0.15, 0.2) is 0 Å². The van der Waals surface area contributed by atoms with Crippen LogP contribution in [0.3, 0.4) is 0 Å². The average Bonchev–Trinajstić information content (AvgIpc) is 3.16. The van der Waals surface area contributed by atoms with Crippen LogP contribution >= 0.6 is 34.8 Å². The van der Waals surface area contributed by atoms with E-state index in [0.717, 1.165) is 0 Å². The summed E-state index contributed by atoms with van der Waals surface area (Å²) >= 11 is 18.8. The van der Waals surface area contributed by atoms with Gasteiger partial charge in [-0.15, -0.1) is 0 Å². The first-order chi connectivity index (χ1) is 15.8. The minimum Gasteiger partial charge on any atom is -0.360 e. The molecular weight excluding hydrogens is 485 g/mol. The molecule has 4 rings (SSSR count). The summed E-state index contributed by atoms with van der Waals surface area (Å²) in [5, 5.41) is 10.4. The van der Waals surface area contributed by atoms with Crippen LogP contribution in [-0.4, -0.2) is 17.0 Å². The summed E-state index contributed by atoms with van der Waals surface area (Å²) in [5.41, 5.74) is 1.97. The van der Waals surface area contributed by atoms with E-state index in [2.05, 4.69) is 15.8 Å². The molecule has 0 bridgehead atoms. The first-order valence-corrected chi connectivity index (χ1v) is 10.9. The van der Waals surface area contributed by atoms with Crippen molar-refractivity contribution in [1.29, 1.82) is 0 Å². The molecule has 0 unspecified atom stereocenters. The predicted octanol–water partition coefficient (Wildman–Crippen LogP) is 7.11. The third kappa shape index (κ3) is 4.88. The highest BCUT2D eigenvalue weighted by Crippen LogP contribution is 2.37. The van der Waals surface area contributed by atoms with Gasteiger partial charge >= 0.3 is 0 Å². The zero-order valence-corrected chi connectivity index (χ0v) is 19.4. The van der Waals surface area contributed by atoms with Gasteiger partial charge in [0.05, 0.1) is 20.6 Å². The molecule has 0 saturated carbocycles. The minimum atomic E-state index is -0.503. The average molecular weight is 501 g/mol. The Balaban J connectivity index is 1.62. The summed E-state index contributed by atoms with van der Waals surface area (Å²) in [5.74, 6) is -0.627. The molecule has 6 nitrogen and oxygen atoms in total. The lowest BCUT2D eigenvalue weighted by molar-refractivity contribution is 0.101. The number of benzene rings is 3. The smallest absolute Gasteiger partial charge is 0.261 e. The summed E-state index contributed by atoms with van der Waals surface area (Å²) < 4.78 is 5.25. The Hall–Kier alpha value is -3.32. The number of amides is 2. The van der Waals surface area contributed by atoms with Crippen LogP contribution in [0.2, 0.25) is 15.1 Å². The number of hydrogen-bond acceptors (Lipinski definition) is 4. The van der Waals surface area contributed by atoms with Crippen LogP contribution in [-0.2, 0) is 0 Å². The van der Waals surface area contributed by atoms with Gasteiger partial charge in [-0.05, 0) is 49.4 Å². The van der Waals surface area contributed by atoms with Crippen molar-refractivity contribution in [3.05, 3.63) is 98.7 Å². The second kappa shape index (κ2) is 9.67. The molecule has 166 valence electrons. The van der Waals surface area contributed by atoms with Crippen molar-refractivity contribution in [3.63, 3.8) is 0 Å². The van der Waals surface area contributed by atoms with Gasteiger partial charge in [0.25, 0.3) is 11.8 Å². The van der Waals surface area contributed by atoms with E-state index >= 15 is 0 Å². The van der Waals surface area contributed by atoms with E-state index in [1.807, 2.05) is 6.07 Å². The molecule has 2 amide bonds. The summed E-state index contributed by atoms with van der Waals surface area (Å²) in [6, 6.07) is 18.6. The van der Waals surface area contributed by atoms with Gasteiger partial charge < -0.3 is 15.2 Å². The van der Waals surface area contributed by atoms with Crippen molar-refractivity contribution in [2.45, 2.75) is 6.92 Å². The molecular formula is C24H16Cl3N3O3. The summed E-state index contributed by atoms with van der Waals surface area (Å²) in [4.78, 5) is 25.8. The maximum Gasteiger partial charge on any atom is 0.261 e. The van der Waals surface area contributed by atoms with Crippen molar-refractivity contribution in [2.24, 2.45) is 0 Å². The monoisotopic (exact) mass is 499 g/mol. The fourth-order valence-corrected chi connectivity index (χ4v) is 4.00. The lowest BCUT2D eigenvalue weighted by Crippen LogP contribution is -2.16. The Morgan fingerprint density at radius 3 is 2.15 bits per heavy atom. The first-order valence-electron chi connectivity index (χ1n) is 9.73. The number of carbonyl (C=O) groups is 2. The van der Waals surface area contributed by atoms with Crippen LogP contribution in [0.4, 0.5) is 11.4 Å². The zero-order valence-electron chi connectivity index (χ0n) is 17.2. The standard InChI is InChI=1S/C24H16Cl3N3O3/c1-13-20(22(30-33-13)21-18(26)8-5-9-19(21)27)24(32)29-15-10-11-17(25)16(12-15)23(31)28-14-6-3-2-4-7-14/h2-12H,1H3,(H,28,31)(H,29,32). The van der Waals surface area contributed by atoms with Crippen LogP contribution < -0.4 is 10.6 Å². The number of nitrogens with one attached hydrogen (secondary N) is 2. The van der Waals surface area contributed by atoms with Gasteiger partial charge in [-0.3, -0.25) is 9.59 Å². The highest BCUT2D eigenvalue weighted by atomic mass is 35.5. The number of nitrogens with zero attached hydrogens (tertiary/aromatic N) is 1. The van der Waals surface area contributed by atoms with Crippen molar-refractivity contribution in [1.82, 2.24) is 5.16 Å². The van der Waals surface area contributed by atoms with Gasteiger partial charge in [-0.25, -0.2) is 0 Å². The Bertz CT molecular complexity index is 1330. The van der Waals surface area contributed by atoms with E-state index in [1.165, 1.54) is 12.1 Å². The number of para-hydroxylation sites is 1. The van der Waals surface area contributed by atoms with E-state index in [0.29, 0.717) is 27.0 Å². The van der Waals surface area contributed by atoms with E-state index in [4.69, 9.17) is 39.3 Å². The van der Waals surface area contributed by atoms with Crippen LogP contribution in [0.25, 0.3) is 11.3 Å². The molecule has 0 spiro atoms. The molecule has 3 aromatic carbocycles. The number of halogens is 3. The van der Waals surface area contributed by atoms with Gasteiger partial charge in [0, 0.05) is 16.9 Å². The molecule has 0 radical (unpaired) electrons. The summed E-state index contributed by atoms with van der Waals surface area (Å²) in [6.45, 7) is 1.61. The lowest BCUT2D eigenvalue weighted by atomic mass is 10.1. The Kier molecular flexibility index (Phi) is 6.70. The van der Waals surface area contributed by atoms with E-state index in [-0.39, 0.29) is 27.6 Å². The van der Waals surface area contributed by atoms with Crippen molar-refractivity contribution < 1.29 is 14.1 Å². The summed E-state index contributed by atoms with van der Waals surface area (Å²) in [6.07, 6.45) is 0. The minimum absolute atomic E-state index is 0.176. The molecule has 0 aliphatic rings. The molecule has 0 saturated heterocycles. The molecule has 1 heterocycles. The highest BCUT2D eigenvalue weighted by Gasteiger charge is 2.25. The van der Waals surface area contributed by atoms with Crippen LogP contribution in [0, 0.1) is 6.92 Å². The lowest BCUT2D eigenvalue weighted by Gasteiger charge is -2.11. The quantitative estimate of drug-likeness (QED) is 0.306. The van der Waals surface area contributed by atoms with Crippen LogP contribution in [0.5, 0.6) is 0 Å². The number of rotatable bonds is 5. The summed E-state index contributed by atoms with van der Waals surface area (Å²) in [7, 11) is 0. The Labute approximate surface area is 204 Å². The fourth-order valence-electron chi connectivity index (χ4n) is 3.22. The van der Waals surface area contributed by atoms with E-state index < -0.39 is 11.8 Å². The number of anilines is 2. The predicted molar refractivity (Wildman–Crippen MR) is 130 cm³/mol. The van der Waals surface area contributed by atoms with Crippen molar-refractivity contribution in [3.8, 4) is 11.3 Å². The molecule has 0 atom stereocenters. The number of aryl methyl sites for hydroxylation is 1. The normalized spacial score (nSPS) is 10.7. The van der Waals surface area contributed by atoms with Crippen LogP contribution in [0.15, 0.2) is 71.3 Å². The second-order valence-electron chi connectivity index (χ2n) is 7.03. The van der Waals surface area contributed by atoms with Crippen molar-refractivity contribution in [2.75, 3.05) is 10.6 Å². The third-order valence-electron chi connectivity index (χ3n) is 4.79.